The lowest BCUT2D eigenvalue weighted by molar-refractivity contribution is -0.0290. The molecule has 3 N–H and O–H groups in total. The molecule has 0 aromatic heterocycles. The van der Waals surface area contributed by atoms with Gasteiger partial charge in [-0.15, -0.1) is 0 Å². The lowest BCUT2D eigenvalue weighted by Gasteiger charge is -2.36. The molecule has 2 amide bonds. The second-order valence-corrected chi connectivity index (χ2v) is 5.48. The van der Waals surface area contributed by atoms with Crippen LogP contribution >= 0.6 is 0 Å². The van der Waals surface area contributed by atoms with Gasteiger partial charge in [0.25, 0.3) is 0 Å². The molecule has 1 aromatic rings. The van der Waals surface area contributed by atoms with Gasteiger partial charge in [0.05, 0.1) is 24.3 Å². The van der Waals surface area contributed by atoms with Crippen molar-refractivity contribution in [3.05, 3.63) is 29.6 Å². The number of nitrogens with one attached hydrogen (secondary N) is 2. The molecule has 2 rings (SSSR count). The Morgan fingerprint density at radius 1 is 1.52 bits per heavy atom. The van der Waals surface area contributed by atoms with Crippen LogP contribution in [0.1, 0.15) is 37.8 Å². The Kier molecular flexibility index (Phi) is 4.67. The molecule has 1 aliphatic carbocycles. The number of aliphatic hydroxyl groups is 1. The zero-order valence-electron chi connectivity index (χ0n) is 12.3. The molecular weight excluding hydrogens is 275 g/mol. The molecule has 0 radical (unpaired) electrons. The summed E-state index contributed by atoms with van der Waals surface area (Å²) in [4.78, 5) is 11.8. The highest BCUT2D eigenvalue weighted by Gasteiger charge is 2.34. The normalized spacial score (nSPS) is 17.5. The van der Waals surface area contributed by atoms with Gasteiger partial charge in [-0.05, 0) is 38.3 Å². The Morgan fingerprint density at radius 3 is 2.81 bits per heavy atom. The van der Waals surface area contributed by atoms with Crippen molar-refractivity contribution < 1.29 is 19.0 Å². The highest BCUT2D eigenvalue weighted by Crippen LogP contribution is 2.30. The maximum Gasteiger partial charge on any atom is 0.315 e. The summed E-state index contributed by atoms with van der Waals surface area (Å²) in [6, 6.07) is 3.54. The molecule has 0 unspecified atom stereocenters. The molecule has 1 aliphatic rings. The average Bonchev–Trinajstić information content (AvgIpc) is 2.42. The van der Waals surface area contributed by atoms with Crippen LogP contribution in [0.15, 0.2) is 18.2 Å². The van der Waals surface area contributed by atoms with E-state index in [2.05, 4.69) is 10.6 Å². The average molecular weight is 296 g/mol. The zero-order valence-corrected chi connectivity index (χ0v) is 12.3. The number of hydrogen-bond donors (Lipinski definition) is 3. The maximum absolute atomic E-state index is 13.9. The van der Waals surface area contributed by atoms with Gasteiger partial charge in [0.15, 0.2) is 0 Å². The van der Waals surface area contributed by atoms with E-state index in [9.17, 15) is 14.3 Å². The lowest BCUT2D eigenvalue weighted by Crippen LogP contribution is -2.50. The number of urea groups is 1. The van der Waals surface area contributed by atoms with Crippen molar-refractivity contribution in [1.29, 1.82) is 0 Å². The molecular formula is C15H21FN2O3. The SMILES string of the molecule is COc1cccc(F)c1[C@@H](C)NC(=O)NCC1(O)CCC1. The standard InChI is InChI=1S/C15H21FN2O3/c1-10(13-11(16)5-3-6-12(13)21-2)18-14(19)17-9-15(20)7-4-8-15/h3,5-6,10,20H,4,7-9H2,1-2H3,(H2,17,18,19)/t10-/m1/s1. The van der Waals surface area contributed by atoms with Crippen molar-refractivity contribution in [1.82, 2.24) is 10.6 Å². The number of benzene rings is 1. The van der Waals surface area contributed by atoms with Crippen molar-refractivity contribution in [2.24, 2.45) is 0 Å². The van der Waals surface area contributed by atoms with Crippen LogP contribution in [0.25, 0.3) is 0 Å². The number of halogens is 1. The van der Waals surface area contributed by atoms with Gasteiger partial charge in [-0.1, -0.05) is 6.07 Å². The molecule has 0 heterocycles. The van der Waals surface area contributed by atoms with Crippen LogP contribution in [-0.4, -0.2) is 30.4 Å². The van der Waals surface area contributed by atoms with Gasteiger partial charge in [-0.2, -0.15) is 0 Å². The first-order valence-corrected chi connectivity index (χ1v) is 7.04. The third-order valence-corrected chi connectivity index (χ3v) is 3.88. The topological polar surface area (TPSA) is 70.6 Å². The molecule has 0 saturated heterocycles. The van der Waals surface area contributed by atoms with Gasteiger partial charge in [0.1, 0.15) is 11.6 Å². The first-order valence-electron chi connectivity index (χ1n) is 7.04. The minimum atomic E-state index is -0.781. The number of carbonyl (C=O) groups excluding carboxylic acids is 1. The quantitative estimate of drug-likeness (QED) is 0.779. The first-order chi connectivity index (χ1) is 9.95. The van der Waals surface area contributed by atoms with Crippen molar-refractivity contribution in [2.75, 3.05) is 13.7 Å². The van der Waals surface area contributed by atoms with Crippen LogP contribution in [0.4, 0.5) is 9.18 Å². The summed E-state index contributed by atoms with van der Waals surface area (Å²) in [6.07, 6.45) is 2.37. The van der Waals surface area contributed by atoms with Crippen molar-refractivity contribution >= 4 is 6.03 Å². The van der Waals surface area contributed by atoms with E-state index < -0.39 is 23.5 Å². The Balaban J connectivity index is 1.94. The van der Waals surface area contributed by atoms with Gasteiger partial charge < -0.3 is 20.5 Å². The fourth-order valence-corrected chi connectivity index (χ4v) is 2.44. The summed E-state index contributed by atoms with van der Waals surface area (Å²) in [6.45, 7) is 1.89. The van der Waals surface area contributed by atoms with Crippen molar-refractivity contribution in [3.63, 3.8) is 0 Å². The summed E-state index contributed by atoms with van der Waals surface area (Å²) < 4.78 is 19.0. The van der Waals surface area contributed by atoms with Gasteiger partial charge in [-0.25, -0.2) is 9.18 Å². The van der Waals surface area contributed by atoms with Crippen molar-refractivity contribution in [2.45, 2.75) is 37.8 Å². The fraction of sp³-hybridized carbons (Fsp3) is 0.533. The second kappa shape index (κ2) is 6.30. The van der Waals surface area contributed by atoms with Crippen LogP contribution in [0, 0.1) is 5.82 Å². The van der Waals surface area contributed by atoms with E-state index in [1.165, 1.54) is 13.2 Å². The smallest absolute Gasteiger partial charge is 0.315 e. The molecule has 116 valence electrons. The van der Waals surface area contributed by atoms with Crippen LogP contribution < -0.4 is 15.4 Å². The molecule has 0 bridgehead atoms. The predicted molar refractivity (Wildman–Crippen MR) is 76.7 cm³/mol. The third kappa shape index (κ3) is 3.64. The third-order valence-electron chi connectivity index (χ3n) is 3.88. The molecule has 21 heavy (non-hydrogen) atoms. The summed E-state index contributed by atoms with van der Waals surface area (Å²) >= 11 is 0. The van der Waals surface area contributed by atoms with Gasteiger partial charge in [-0.3, -0.25) is 0 Å². The molecule has 0 aliphatic heterocycles. The summed E-state index contributed by atoms with van der Waals surface area (Å²) in [5, 5.41) is 15.2. The van der Waals surface area contributed by atoms with E-state index >= 15 is 0 Å². The van der Waals surface area contributed by atoms with E-state index in [4.69, 9.17) is 4.74 Å². The Bertz CT molecular complexity index is 518. The molecule has 0 spiro atoms. The Labute approximate surface area is 123 Å². The number of methoxy groups -OCH3 is 1. The van der Waals surface area contributed by atoms with E-state index in [1.807, 2.05) is 0 Å². The van der Waals surface area contributed by atoms with E-state index in [1.54, 1.807) is 19.1 Å². The van der Waals surface area contributed by atoms with Gasteiger partial charge >= 0.3 is 6.03 Å². The van der Waals surface area contributed by atoms with Gasteiger partial charge in [0, 0.05) is 6.54 Å². The van der Waals surface area contributed by atoms with Gasteiger partial charge in [0.2, 0.25) is 0 Å². The number of rotatable bonds is 5. The maximum atomic E-state index is 13.9. The Hall–Kier alpha value is -1.82. The highest BCUT2D eigenvalue weighted by molar-refractivity contribution is 5.74. The van der Waals surface area contributed by atoms with E-state index in [0.29, 0.717) is 24.2 Å². The largest absolute Gasteiger partial charge is 0.496 e. The number of carbonyl (C=O) groups is 1. The predicted octanol–water partition coefficient (Wildman–Crippen LogP) is 2.11. The van der Waals surface area contributed by atoms with E-state index in [0.717, 1.165) is 6.42 Å². The van der Waals surface area contributed by atoms with Crippen molar-refractivity contribution in [3.8, 4) is 5.75 Å². The minimum absolute atomic E-state index is 0.208. The second-order valence-electron chi connectivity index (χ2n) is 5.48. The summed E-state index contributed by atoms with van der Waals surface area (Å²) in [7, 11) is 1.46. The minimum Gasteiger partial charge on any atom is -0.496 e. The molecule has 1 saturated carbocycles. The van der Waals surface area contributed by atoms with Crippen LogP contribution in [0.3, 0.4) is 0 Å². The zero-order chi connectivity index (χ0) is 15.5. The van der Waals surface area contributed by atoms with Crippen LogP contribution in [0.5, 0.6) is 5.75 Å². The summed E-state index contributed by atoms with van der Waals surface area (Å²) in [5.41, 5.74) is -0.478. The van der Waals surface area contributed by atoms with E-state index in [-0.39, 0.29) is 6.54 Å². The molecule has 1 fully saturated rings. The summed E-state index contributed by atoms with van der Waals surface area (Å²) in [5.74, 6) is -0.0415. The Morgan fingerprint density at radius 2 is 2.24 bits per heavy atom. The number of amides is 2. The van der Waals surface area contributed by atoms with Crippen LogP contribution in [-0.2, 0) is 0 Å². The molecule has 1 aromatic carbocycles. The first kappa shape index (κ1) is 15.6. The fourth-order valence-electron chi connectivity index (χ4n) is 2.44. The highest BCUT2D eigenvalue weighted by atomic mass is 19.1. The lowest BCUT2D eigenvalue weighted by atomic mass is 9.80. The molecule has 1 atom stereocenters. The number of hydrogen-bond acceptors (Lipinski definition) is 3. The monoisotopic (exact) mass is 296 g/mol. The number of ether oxygens (including phenoxy) is 1. The molecule has 5 nitrogen and oxygen atoms in total. The van der Waals surface area contributed by atoms with Crippen LogP contribution in [0.2, 0.25) is 0 Å². The molecule has 6 heteroatoms.